The van der Waals surface area contributed by atoms with Gasteiger partial charge in [-0.25, -0.2) is 4.79 Å². The molecule has 24 heavy (non-hydrogen) atoms. The highest BCUT2D eigenvalue weighted by atomic mass is 19.4. The van der Waals surface area contributed by atoms with Gasteiger partial charge in [0.25, 0.3) is 0 Å². The van der Waals surface area contributed by atoms with Gasteiger partial charge >= 0.3 is 17.9 Å². The van der Waals surface area contributed by atoms with E-state index >= 15 is 0 Å². The van der Waals surface area contributed by atoms with Crippen LogP contribution in [0.5, 0.6) is 11.6 Å². The number of primary amides is 1. The molecule has 0 atom stereocenters. The van der Waals surface area contributed by atoms with E-state index in [2.05, 4.69) is 5.10 Å². The highest BCUT2D eigenvalue weighted by Gasteiger charge is 2.33. The topological polar surface area (TPSA) is 113 Å². The van der Waals surface area contributed by atoms with Gasteiger partial charge in [0.15, 0.2) is 0 Å². The molecule has 1 aromatic carbocycles. The van der Waals surface area contributed by atoms with Crippen molar-refractivity contribution in [3.05, 3.63) is 45.1 Å². The number of nitro groups is 1. The predicted octanol–water partition coefficient (Wildman–Crippen LogP) is 3.15. The number of ether oxygens (including phenoxy) is 1. The molecule has 1 aromatic heterocycles. The van der Waals surface area contributed by atoms with Gasteiger partial charge in [0.1, 0.15) is 0 Å². The van der Waals surface area contributed by atoms with Crippen molar-refractivity contribution in [2.24, 2.45) is 5.73 Å². The summed E-state index contributed by atoms with van der Waals surface area (Å²) < 4.78 is 44.1. The molecule has 1 heterocycles. The Hall–Kier alpha value is -3.11. The van der Waals surface area contributed by atoms with Gasteiger partial charge in [-0.2, -0.15) is 17.9 Å². The first-order chi connectivity index (χ1) is 11.0. The maximum Gasteiger partial charge on any atom is 0.416 e. The average molecular weight is 344 g/mol. The fraction of sp³-hybridized carbons (Fsp3) is 0.231. The number of nitrogens with zero attached hydrogens (tertiary/aromatic N) is 3. The van der Waals surface area contributed by atoms with Crippen molar-refractivity contribution >= 4 is 11.7 Å². The molecule has 8 nitrogen and oxygen atoms in total. The molecule has 1 amide bonds. The van der Waals surface area contributed by atoms with Crippen LogP contribution in [0.2, 0.25) is 0 Å². The molecular weight excluding hydrogens is 333 g/mol. The van der Waals surface area contributed by atoms with Gasteiger partial charge in [-0.3, -0.25) is 10.1 Å². The number of amides is 1. The van der Waals surface area contributed by atoms with Crippen LogP contribution in [-0.4, -0.2) is 20.7 Å². The summed E-state index contributed by atoms with van der Waals surface area (Å²) in [6.07, 6.45) is -4.73. The number of hydrogen-bond acceptors (Lipinski definition) is 5. The van der Waals surface area contributed by atoms with E-state index in [9.17, 15) is 28.1 Å². The summed E-state index contributed by atoms with van der Waals surface area (Å²) in [4.78, 5) is 21.2. The normalized spacial score (nSPS) is 11.4. The van der Waals surface area contributed by atoms with E-state index in [0.717, 1.165) is 10.7 Å². The largest absolute Gasteiger partial charge is 0.430 e. The van der Waals surface area contributed by atoms with Gasteiger partial charge in [-0.05, 0) is 26.0 Å². The Morgan fingerprint density at radius 1 is 1.38 bits per heavy atom. The van der Waals surface area contributed by atoms with Crippen LogP contribution in [0, 0.1) is 24.0 Å². The van der Waals surface area contributed by atoms with Gasteiger partial charge < -0.3 is 10.5 Å². The summed E-state index contributed by atoms with van der Waals surface area (Å²) in [5.41, 5.74) is 3.75. The van der Waals surface area contributed by atoms with Crippen LogP contribution in [0.15, 0.2) is 18.2 Å². The Labute approximate surface area is 132 Å². The molecule has 2 N–H and O–H groups in total. The lowest BCUT2D eigenvalue weighted by atomic mass is 10.2. The van der Waals surface area contributed by atoms with E-state index in [4.69, 9.17) is 10.5 Å². The lowest BCUT2D eigenvalue weighted by molar-refractivity contribution is -0.385. The molecule has 0 bridgehead atoms. The number of benzene rings is 1. The minimum Gasteiger partial charge on any atom is -0.430 e. The Bertz CT molecular complexity index is 829. The SMILES string of the molecule is Cc1c(Oc2ccc(C(F)(F)F)cc2[N+](=O)[O-])nn(C(N)=O)c1C. The van der Waals surface area contributed by atoms with Crippen molar-refractivity contribution in [2.45, 2.75) is 20.0 Å². The van der Waals surface area contributed by atoms with Crippen LogP contribution in [-0.2, 0) is 6.18 Å². The number of carbonyl (C=O) groups excluding carboxylic acids is 1. The van der Waals surface area contributed by atoms with Crippen LogP contribution in [0.3, 0.4) is 0 Å². The zero-order valence-electron chi connectivity index (χ0n) is 12.4. The molecule has 0 aliphatic rings. The average Bonchev–Trinajstić information content (AvgIpc) is 2.75. The first kappa shape index (κ1) is 17.2. The number of alkyl halides is 3. The van der Waals surface area contributed by atoms with Crippen LogP contribution < -0.4 is 10.5 Å². The standard InChI is InChI=1S/C13H11F3N4O4/c1-6-7(2)19(12(17)21)18-11(6)24-10-4-3-8(13(14,15)16)5-9(10)20(22)23/h3-5H,1-2H3,(H2,17,21). The predicted molar refractivity (Wildman–Crippen MR) is 74.9 cm³/mol. The zero-order valence-corrected chi connectivity index (χ0v) is 12.4. The van der Waals surface area contributed by atoms with E-state index in [-0.39, 0.29) is 5.88 Å². The number of hydrogen-bond donors (Lipinski definition) is 1. The molecule has 0 aliphatic heterocycles. The Morgan fingerprint density at radius 3 is 2.46 bits per heavy atom. The summed E-state index contributed by atoms with van der Waals surface area (Å²) in [5.74, 6) is -0.612. The minimum absolute atomic E-state index is 0.172. The third-order valence-corrected chi connectivity index (χ3v) is 3.27. The monoisotopic (exact) mass is 344 g/mol. The van der Waals surface area contributed by atoms with Gasteiger partial charge in [-0.15, -0.1) is 5.10 Å². The van der Waals surface area contributed by atoms with Crippen LogP contribution in [0.1, 0.15) is 16.8 Å². The van der Waals surface area contributed by atoms with Crippen molar-refractivity contribution in [1.29, 1.82) is 0 Å². The third-order valence-electron chi connectivity index (χ3n) is 3.27. The third kappa shape index (κ3) is 3.14. The van der Waals surface area contributed by atoms with Crippen molar-refractivity contribution in [3.63, 3.8) is 0 Å². The molecule has 0 aliphatic carbocycles. The van der Waals surface area contributed by atoms with Crippen LogP contribution >= 0.6 is 0 Å². The molecule has 128 valence electrons. The highest BCUT2D eigenvalue weighted by molar-refractivity contribution is 5.75. The number of aromatic nitrogens is 2. The summed E-state index contributed by atoms with van der Waals surface area (Å²) in [6, 6.07) is 0.935. The first-order valence-electron chi connectivity index (χ1n) is 6.42. The van der Waals surface area contributed by atoms with Crippen LogP contribution in [0.25, 0.3) is 0 Å². The second-order valence-electron chi connectivity index (χ2n) is 4.81. The number of rotatable bonds is 3. The van der Waals surface area contributed by atoms with Crippen molar-refractivity contribution < 1.29 is 27.6 Å². The van der Waals surface area contributed by atoms with E-state index < -0.39 is 34.1 Å². The van der Waals surface area contributed by atoms with Gasteiger partial charge in [-0.1, -0.05) is 0 Å². The molecule has 11 heteroatoms. The lowest BCUT2D eigenvalue weighted by Crippen LogP contribution is -2.21. The number of nitrogens with two attached hydrogens (primary N) is 1. The molecule has 0 saturated heterocycles. The number of halogens is 3. The van der Waals surface area contributed by atoms with Gasteiger partial charge in [0.05, 0.1) is 16.2 Å². The molecule has 0 fully saturated rings. The molecule has 0 spiro atoms. The second kappa shape index (κ2) is 5.83. The molecule has 0 saturated carbocycles. The smallest absolute Gasteiger partial charge is 0.416 e. The summed E-state index contributed by atoms with van der Waals surface area (Å²) in [7, 11) is 0. The molecule has 2 rings (SSSR count). The Morgan fingerprint density at radius 2 is 2.00 bits per heavy atom. The first-order valence-corrected chi connectivity index (χ1v) is 6.42. The summed E-state index contributed by atoms with van der Waals surface area (Å²) in [5, 5.41) is 14.8. The Balaban J connectivity index is 2.49. The van der Waals surface area contributed by atoms with E-state index in [1.807, 2.05) is 0 Å². The number of carbonyl (C=O) groups is 1. The quantitative estimate of drug-likeness (QED) is 0.679. The molecule has 0 radical (unpaired) electrons. The maximum absolute atomic E-state index is 12.7. The van der Waals surface area contributed by atoms with E-state index in [1.165, 1.54) is 13.8 Å². The maximum atomic E-state index is 12.7. The zero-order chi connectivity index (χ0) is 18.2. The second-order valence-corrected chi connectivity index (χ2v) is 4.81. The summed E-state index contributed by atoms with van der Waals surface area (Å²) >= 11 is 0. The Kier molecular flexibility index (Phi) is 4.19. The van der Waals surface area contributed by atoms with E-state index in [0.29, 0.717) is 23.4 Å². The van der Waals surface area contributed by atoms with E-state index in [1.54, 1.807) is 0 Å². The van der Waals surface area contributed by atoms with Crippen molar-refractivity contribution in [3.8, 4) is 11.6 Å². The fourth-order valence-electron chi connectivity index (χ4n) is 1.89. The minimum atomic E-state index is -4.73. The summed E-state index contributed by atoms with van der Waals surface area (Å²) in [6.45, 7) is 3.04. The van der Waals surface area contributed by atoms with Gasteiger partial charge in [0.2, 0.25) is 11.6 Å². The molecular formula is C13H11F3N4O4. The lowest BCUT2D eigenvalue weighted by Gasteiger charge is -2.09. The van der Waals surface area contributed by atoms with Crippen molar-refractivity contribution in [2.75, 3.05) is 0 Å². The molecule has 2 aromatic rings. The number of nitro benzene ring substituents is 1. The van der Waals surface area contributed by atoms with Crippen LogP contribution in [0.4, 0.5) is 23.7 Å². The fourth-order valence-corrected chi connectivity index (χ4v) is 1.89. The molecule has 0 unspecified atom stereocenters. The van der Waals surface area contributed by atoms with Gasteiger partial charge in [0, 0.05) is 11.6 Å². The van der Waals surface area contributed by atoms with Crippen molar-refractivity contribution in [1.82, 2.24) is 9.78 Å². The highest BCUT2D eigenvalue weighted by Crippen LogP contribution is 2.38.